The first-order valence-corrected chi connectivity index (χ1v) is 9.10. The van der Waals surface area contributed by atoms with Crippen molar-refractivity contribution in [3.8, 4) is 5.75 Å². The molecule has 4 nitrogen and oxygen atoms in total. The van der Waals surface area contributed by atoms with Crippen LogP contribution < -0.4 is 9.46 Å². The lowest BCUT2D eigenvalue weighted by Crippen LogP contribution is -2.13. The Morgan fingerprint density at radius 3 is 2.45 bits per heavy atom. The predicted octanol–water partition coefficient (Wildman–Crippen LogP) is 3.71. The molecule has 0 saturated heterocycles. The van der Waals surface area contributed by atoms with Gasteiger partial charge in [-0.3, -0.25) is 4.72 Å². The van der Waals surface area contributed by atoms with E-state index in [2.05, 4.69) is 20.7 Å². The molecule has 0 saturated carbocycles. The normalized spacial score (nSPS) is 11.2. The minimum atomic E-state index is -3.76. The van der Waals surface area contributed by atoms with Gasteiger partial charge in [-0.25, -0.2) is 12.8 Å². The third-order valence-electron chi connectivity index (χ3n) is 2.90. The van der Waals surface area contributed by atoms with Crippen LogP contribution in [0.5, 0.6) is 5.75 Å². The number of benzene rings is 2. The van der Waals surface area contributed by atoms with Gasteiger partial charge in [-0.05, 0) is 48.9 Å². The van der Waals surface area contributed by atoms with E-state index < -0.39 is 15.8 Å². The lowest BCUT2D eigenvalue weighted by Gasteiger charge is -2.10. The molecule has 2 aromatic rings. The third kappa shape index (κ3) is 4.20. The molecule has 0 aliphatic rings. The van der Waals surface area contributed by atoms with E-state index in [1.54, 1.807) is 19.1 Å². The average molecular weight is 388 g/mol. The zero-order valence-electron chi connectivity index (χ0n) is 11.8. The van der Waals surface area contributed by atoms with Crippen LogP contribution in [-0.2, 0) is 10.0 Å². The molecule has 0 fully saturated rings. The molecule has 0 spiro atoms. The highest BCUT2D eigenvalue weighted by atomic mass is 79.9. The Balaban J connectivity index is 2.17. The van der Waals surface area contributed by atoms with Crippen LogP contribution in [0, 0.1) is 12.7 Å². The predicted molar refractivity (Wildman–Crippen MR) is 87.7 cm³/mol. The van der Waals surface area contributed by atoms with Crippen molar-refractivity contribution in [1.29, 1.82) is 0 Å². The molecule has 2 aromatic carbocycles. The summed E-state index contributed by atoms with van der Waals surface area (Å²) in [6.07, 6.45) is 0. The van der Waals surface area contributed by atoms with E-state index in [9.17, 15) is 12.8 Å². The second-order valence-corrected chi connectivity index (χ2v) is 7.05. The first-order chi connectivity index (χ1) is 10.4. The van der Waals surface area contributed by atoms with Crippen molar-refractivity contribution in [3.05, 3.63) is 53.8 Å². The monoisotopic (exact) mass is 387 g/mol. The molecule has 0 heterocycles. The van der Waals surface area contributed by atoms with E-state index in [4.69, 9.17) is 4.74 Å². The quantitative estimate of drug-likeness (QED) is 0.768. The number of anilines is 1. The summed E-state index contributed by atoms with van der Waals surface area (Å²) in [6.45, 7) is 2.10. The van der Waals surface area contributed by atoms with Crippen molar-refractivity contribution in [2.75, 3.05) is 16.7 Å². The van der Waals surface area contributed by atoms with Crippen molar-refractivity contribution in [3.63, 3.8) is 0 Å². The molecule has 0 unspecified atom stereocenters. The Labute approximate surface area is 137 Å². The lowest BCUT2D eigenvalue weighted by atomic mass is 10.2. The van der Waals surface area contributed by atoms with Crippen LogP contribution in [0.15, 0.2) is 47.4 Å². The minimum absolute atomic E-state index is 0.0830. The maximum Gasteiger partial charge on any atom is 0.261 e. The lowest BCUT2D eigenvalue weighted by molar-refractivity contribution is 0.345. The first-order valence-electron chi connectivity index (χ1n) is 6.50. The molecule has 7 heteroatoms. The summed E-state index contributed by atoms with van der Waals surface area (Å²) < 4.78 is 45.7. The molecule has 118 valence electrons. The Morgan fingerprint density at radius 1 is 1.18 bits per heavy atom. The zero-order valence-corrected chi connectivity index (χ0v) is 14.2. The number of rotatable bonds is 6. The maximum atomic E-state index is 13.5. The molecular formula is C15H15BrFNO3S. The second kappa shape index (κ2) is 7.11. The van der Waals surface area contributed by atoms with Gasteiger partial charge in [0, 0.05) is 5.33 Å². The smallest absolute Gasteiger partial charge is 0.261 e. The highest BCUT2D eigenvalue weighted by Gasteiger charge is 2.14. The van der Waals surface area contributed by atoms with Crippen LogP contribution in [-0.4, -0.2) is 20.4 Å². The zero-order chi connectivity index (χ0) is 16.2. The van der Waals surface area contributed by atoms with Gasteiger partial charge in [0.2, 0.25) is 0 Å². The first kappa shape index (κ1) is 16.8. The summed E-state index contributed by atoms with van der Waals surface area (Å²) in [7, 11) is -3.76. The standard InChI is InChI=1S/C15H15BrFNO3S/c1-11-2-3-12(10-15(11)17)18-22(19,20)14-6-4-13(5-7-14)21-9-8-16/h2-7,10,18H,8-9H2,1H3. The Bertz CT molecular complexity index is 748. The van der Waals surface area contributed by atoms with Gasteiger partial charge in [-0.15, -0.1) is 0 Å². The van der Waals surface area contributed by atoms with Gasteiger partial charge in [-0.1, -0.05) is 22.0 Å². The molecule has 0 aromatic heterocycles. The molecule has 1 N–H and O–H groups in total. The SMILES string of the molecule is Cc1ccc(NS(=O)(=O)c2ccc(OCCBr)cc2)cc1F. The number of alkyl halides is 1. The molecule has 0 radical (unpaired) electrons. The van der Waals surface area contributed by atoms with E-state index in [1.165, 1.54) is 24.3 Å². The van der Waals surface area contributed by atoms with Gasteiger partial charge in [0.1, 0.15) is 11.6 Å². The topological polar surface area (TPSA) is 55.4 Å². The number of halogens is 2. The molecule has 0 amide bonds. The maximum absolute atomic E-state index is 13.5. The van der Waals surface area contributed by atoms with Crippen LogP contribution in [0.1, 0.15) is 5.56 Å². The number of nitrogens with one attached hydrogen (secondary N) is 1. The van der Waals surface area contributed by atoms with E-state index in [0.29, 0.717) is 23.2 Å². The third-order valence-corrected chi connectivity index (χ3v) is 4.62. The molecule has 0 bridgehead atoms. The van der Waals surface area contributed by atoms with Crippen LogP contribution in [0.3, 0.4) is 0 Å². The molecule has 2 rings (SSSR count). The summed E-state index contributed by atoms with van der Waals surface area (Å²) in [5, 5.41) is 0.688. The fourth-order valence-electron chi connectivity index (χ4n) is 1.74. The van der Waals surface area contributed by atoms with Crippen LogP contribution in [0.25, 0.3) is 0 Å². The van der Waals surface area contributed by atoms with E-state index >= 15 is 0 Å². The number of hydrogen-bond acceptors (Lipinski definition) is 3. The van der Waals surface area contributed by atoms with Crippen LogP contribution in [0.2, 0.25) is 0 Å². The molecule has 0 atom stereocenters. The molecule has 0 aliphatic carbocycles. The van der Waals surface area contributed by atoms with Crippen LogP contribution in [0.4, 0.5) is 10.1 Å². The van der Waals surface area contributed by atoms with Crippen molar-refractivity contribution < 1.29 is 17.5 Å². The summed E-state index contributed by atoms with van der Waals surface area (Å²) in [6, 6.07) is 10.2. The van der Waals surface area contributed by atoms with E-state index in [0.717, 1.165) is 6.07 Å². The highest BCUT2D eigenvalue weighted by Crippen LogP contribution is 2.20. The van der Waals surface area contributed by atoms with Gasteiger partial charge in [-0.2, -0.15) is 0 Å². The number of sulfonamides is 1. The fourth-order valence-corrected chi connectivity index (χ4v) is 2.95. The minimum Gasteiger partial charge on any atom is -0.493 e. The molecule has 22 heavy (non-hydrogen) atoms. The summed E-state index contributed by atoms with van der Waals surface area (Å²) >= 11 is 3.24. The Morgan fingerprint density at radius 2 is 1.86 bits per heavy atom. The molecular weight excluding hydrogens is 373 g/mol. The number of hydrogen-bond donors (Lipinski definition) is 1. The van der Waals surface area contributed by atoms with Crippen LogP contribution >= 0.6 is 15.9 Å². The van der Waals surface area contributed by atoms with Crippen molar-refractivity contribution in [2.45, 2.75) is 11.8 Å². The number of ether oxygens (including phenoxy) is 1. The van der Waals surface area contributed by atoms with E-state index in [1.807, 2.05) is 0 Å². The number of aryl methyl sites for hydroxylation is 1. The van der Waals surface area contributed by atoms with E-state index in [-0.39, 0.29) is 10.6 Å². The van der Waals surface area contributed by atoms with Crippen molar-refractivity contribution in [2.24, 2.45) is 0 Å². The molecule has 0 aliphatic heterocycles. The fraction of sp³-hybridized carbons (Fsp3) is 0.200. The highest BCUT2D eigenvalue weighted by molar-refractivity contribution is 9.09. The summed E-state index contributed by atoms with van der Waals surface area (Å²) in [5.41, 5.74) is 0.638. The average Bonchev–Trinajstić information content (AvgIpc) is 2.49. The van der Waals surface area contributed by atoms with Crippen molar-refractivity contribution in [1.82, 2.24) is 0 Å². The van der Waals surface area contributed by atoms with Gasteiger partial charge in [0.15, 0.2) is 0 Å². The van der Waals surface area contributed by atoms with Gasteiger partial charge in [0.25, 0.3) is 10.0 Å². The Kier molecular flexibility index (Phi) is 5.42. The van der Waals surface area contributed by atoms with Gasteiger partial charge in [0.05, 0.1) is 17.2 Å². The summed E-state index contributed by atoms with van der Waals surface area (Å²) in [4.78, 5) is 0.0830. The van der Waals surface area contributed by atoms with Gasteiger partial charge >= 0.3 is 0 Å². The van der Waals surface area contributed by atoms with Crippen molar-refractivity contribution >= 4 is 31.6 Å². The van der Waals surface area contributed by atoms with Gasteiger partial charge < -0.3 is 4.74 Å². The summed E-state index contributed by atoms with van der Waals surface area (Å²) in [5.74, 6) is 0.124. The second-order valence-electron chi connectivity index (χ2n) is 4.58. The largest absolute Gasteiger partial charge is 0.493 e. The Hall–Kier alpha value is -1.60.